The Kier molecular flexibility index (Phi) is 3.78. The number of nitrogens with zero attached hydrogens (tertiary/aromatic N) is 3. The topological polar surface area (TPSA) is 47.5 Å². The molecule has 1 aromatic heterocycles. The fourth-order valence-corrected chi connectivity index (χ4v) is 3.28. The van der Waals surface area contributed by atoms with E-state index in [1.165, 1.54) is 0 Å². The number of rotatable bonds is 2. The largest absolute Gasteiger partial charge is 0.486 e. The maximum atomic E-state index is 6.06. The second-order valence-electron chi connectivity index (χ2n) is 6.25. The standard InChI is InChI=1S/C15H23N3O2S/c1-9-6-19-7-11-8-20-12-13(15(3,4)21-5)16-10(2)17-14(12)18(9)11/h9,11H,6-8H2,1-5H3/t9-,11?/m0/s1. The highest BCUT2D eigenvalue weighted by Gasteiger charge is 2.39. The summed E-state index contributed by atoms with van der Waals surface area (Å²) in [4.78, 5) is 11.7. The lowest BCUT2D eigenvalue weighted by molar-refractivity contribution is 0.0482. The minimum atomic E-state index is -0.0971. The average molecular weight is 309 g/mol. The minimum absolute atomic E-state index is 0.0971. The summed E-state index contributed by atoms with van der Waals surface area (Å²) >= 11 is 1.78. The van der Waals surface area contributed by atoms with Crippen LogP contribution in [0, 0.1) is 6.92 Å². The van der Waals surface area contributed by atoms with Crippen molar-refractivity contribution in [1.29, 1.82) is 0 Å². The van der Waals surface area contributed by atoms with Crippen molar-refractivity contribution in [2.45, 2.75) is 44.5 Å². The fourth-order valence-electron chi connectivity index (χ4n) is 2.94. The van der Waals surface area contributed by atoms with Crippen LogP contribution >= 0.6 is 11.8 Å². The Morgan fingerprint density at radius 3 is 2.71 bits per heavy atom. The molecule has 6 heteroatoms. The van der Waals surface area contributed by atoms with Crippen molar-refractivity contribution in [1.82, 2.24) is 9.97 Å². The van der Waals surface area contributed by atoms with Crippen molar-refractivity contribution in [3.05, 3.63) is 11.5 Å². The number of thioether (sulfide) groups is 1. The van der Waals surface area contributed by atoms with Gasteiger partial charge in [-0.2, -0.15) is 11.8 Å². The number of fused-ring (bicyclic) bond motifs is 3. The van der Waals surface area contributed by atoms with Gasteiger partial charge in [0.15, 0.2) is 11.6 Å². The molecule has 0 bridgehead atoms. The summed E-state index contributed by atoms with van der Waals surface area (Å²) in [6.45, 7) is 10.6. The van der Waals surface area contributed by atoms with Crippen molar-refractivity contribution in [3.8, 4) is 5.75 Å². The van der Waals surface area contributed by atoms with E-state index < -0.39 is 0 Å². The molecular formula is C15H23N3O2S. The maximum Gasteiger partial charge on any atom is 0.184 e. The van der Waals surface area contributed by atoms with E-state index in [1.807, 2.05) is 6.92 Å². The average Bonchev–Trinajstić information content (AvgIpc) is 2.46. The number of morpholine rings is 1. The van der Waals surface area contributed by atoms with Gasteiger partial charge in [-0.25, -0.2) is 9.97 Å². The second-order valence-corrected chi connectivity index (χ2v) is 7.67. The third kappa shape index (κ3) is 2.48. The molecule has 116 valence electrons. The molecular weight excluding hydrogens is 286 g/mol. The molecule has 3 rings (SSSR count). The van der Waals surface area contributed by atoms with Gasteiger partial charge in [-0.05, 0) is 34.0 Å². The predicted molar refractivity (Wildman–Crippen MR) is 85.4 cm³/mol. The number of aryl methyl sites for hydroxylation is 1. The summed E-state index contributed by atoms with van der Waals surface area (Å²) in [5.74, 6) is 2.59. The minimum Gasteiger partial charge on any atom is -0.486 e. The quantitative estimate of drug-likeness (QED) is 0.836. The van der Waals surface area contributed by atoms with E-state index in [0.717, 1.165) is 29.7 Å². The fraction of sp³-hybridized carbons (Fsp3) is 0.733. The van der Waals surface area contributed by atoms with Crippen molar-refractivity contribution in [2.75, 3.05) is 31.0 Å². The number of hydrogen-bond acceptors (Lipinski definition) is 6. The van der Waals surface area contributed by atoms with E-state index in [4.69, 9.17) is 9.47 Å². The van der Waals surface area contributed by atoms with Crippen LogP contribution in [-0.2, 0) is 9.48 Å². The van der Waals surface area contributed by atoms with Crippen LogP contribution in [0.3, 0.4) is 0 Å². The molecule has 0 spiro atoms. The summed E-state index contributed by atoms with van der Waals surface area (Å²) in [5.41, 5.74) is 0.995. The molecule has 2 aliphatic rings. The van der Waals surface area contributed by atoms with Gasteiger partial charge in [0.1, 0.15) is 18.1 Å². The van der Waals surface area contributed by atoms with Gasteiger partial charge >= 0.3 is 0 Å². The van der Waals surface area contributed by atoms with Crippen molar-refractivity contribution >= 4 is 17.6 Å². The van der Waals surface area contributed by atoms with Crippen LogP contribution in [0.5, 0.6) is 5.75 Å². The number of ether oxygens (including phenoxy) is 2. The van der Waals surface area contributed by atoms with Gasteiger partial charge in [-0.15, -0.1) is 0 Å². The lowest BCUT2D eigenvalue weighted by Crippen LogP contribution is -2.56. The lowest BCUT2D eigenvalue weighted by Gasteiger charge is -2.45. The molecule has 0 amide bonds. The van der Waals surface area contributed by atoms with Crippen LogP contribution in [0.25, 0.3) is 0 Å². The molecule has 0 saturated carbocycles. The molecule has 2 aliphatic heterocycles. The van der Waals surface area contributed by atoms with Crippen LogP contribution in [0.2, 0.25) is 0 Å². The zero-order chi connectivity index (χ0) is 15.2. The first-order valence-electron chi connectivity index (χ1n) is 7.37. The molecule has 1 unspecified atom stereocenters. The Balaban J connectivity index is 2.13. The van der Waals surface area contributed by atoms with Gasteiger partial charge in [0.2, 0.25) is 0 Å². The molecule has 1 fully saturated rings. The van der Waals surface area contributed by atoms with E-state index in [0.29, 0.717) is 19.3 Å². The molecule has 1 aromatic rings. The van der Waals surface area contributed by atoms with Crippen LogP contribution in [0.15, 0.2) is 0 Å². The zero-order valence-electron chi connectivity index (χ0n) is 13.3. The highest BCUT2D eigenvalue weighted by molar-refractivity contribution is 7.99. The van der Waals surface area contributed by atoms with Crippen LogP contribution in [0.4, 0.5) is 5.82 Å². The van der Waals surface area contributed by atoms with Crippen molar-refractivity contribution < 1.29 is 9.47 Å². The van der Waals surface area contributed by atoms with Gasteiger partial charge < -0.3 is 14.4 Å². The van der Waals surface area contributed by atoms with Gasteiger partial charge in [-0.1, -0.05) is 0 Å². The third-order valence-electron chi connectivity index (χ3n) is 4.24. The maximum absolute atomic E-state index is 6.06. The molecule has 1 saturated heterocycles. The summed E-state index contributed by atoms with van der Waals surface area (Å²) in [7, 11) is 0. The second kappa shape index (κ2) is 5.32. The first kappa shape index (κ1) is 14.9. The Morgan fingerprint density at radius 1 is 1.24 bits per heavy atom. The van der Waals surface area contributed by atoms with E-state index in [2.05, 4.69) is 41.9 Å². The monoisotopic (exact) mass is 309 g/mol. The molecule has 0 radical (unpaired) electrons. The van der Waals surface area contributed by atoms with Crippen LogP contribution < -0.4 is 9.64 Å². The molecule has 0 N–H and O–H groups in total. The van der Waals surface area contributed by atoms with E-state index in [9.17, 15) is 0 Å². The SMILES string of the molecule is CSC(C)(C)c1nc(C)nc2c1OCC1COC[C@H](C)N21. The first-order valence-corrected chi connectivity index (χ1v) is 8.59. The number of hydrogen-bond donors (Lipinski definition) is 0. The number of aromatic nitrogens is 2. The van der Waals surface area contributed by atoms with E-state index in [-0.39, 0.29) is 10.8 Å². The lowest BCUT2D eigenvalue weighted by atomic mass is 10.0. The summed E-state index contributed by atoms with van der Waals surface area (Å²) in [6.07, 6.45) is 2.10. The molecule has 5 nitrogen and oxygen atoms in total. The van der Waals surface area contributed by atoms with E-state index >= 15 is 0 Å². The highest BCUT2D eigenvalue weighted by Crippen LogP contribution is 2.44. The van der Waals surface area contributed by atoms with Crippen molar-refractivity contribution in [2.24, 2.45) is 0 Å². The van der Waals surface area contributed by atoms with Crippen molar-refractivity contribution in [3.63, 3.8) is 0 Å². The summed E-state index contributed by atoms with van der Waals surface area (Å²) < 4.78 is 11.6. The molecule has 21 heavy (non-hydrogen) atoms. The molecule has 2 atom stereocenters. The van der Waals surface area contributed by atoms with Gasteiger partial charge in [0.05, 0.1) is 30.0 Å². The van der Waals surface area contributed by atoms with Crippen LogP contribution in [0.1, 0.15) is 32.3 Å². The first-order chi connectivity index (χ1) is 9.94. The zero-order valence-corrected chi connectivity index (χ0v) is 14.2. The van der Waals surface area contributed by atoms with Crippen LogP contribution in [-0.4, -0.2) is 48.1 Å². The summed E-state index contributed by atoms with van der Waals surface area (Å²) in [5, 5.41) is 0. The Labute approximate surface area is 130 Å². The normalized spacial score (nSPS) is 25.1. The molecule has 0 aromatic carbocycles. The van der Waals surface area contributed by atoms with Gasteiger partial charge in [0.25, 0.3) is 0 Å². The van der Waals surface area contributed by atoms with E-state index in [1.54, 1.807) is 11.8 Å². The predicted octanol–water partition coefficient (Wildman–Crippen LogP) is 2.37. The Morgan fingerprint density at radius 2 is 2.00 bits per heavy atom. The Bertz CT molecular complexity index is 550. The van der Waals surface area contributed by atoms with Gasteiger partial charge in [0, 0.05) is 0 Å². The number of anilines is 1. The smallest absolute Gasteiger partial charge is 0.184 e. The molecule has 0 aliphatic carbocycles. The van der Waals surface area contributed by atoms with Gasteiger partial charge in [-0.3, -0.25) is 0 Å². The molecule has 3 heterocycles. The Hall–Kier alpha value is -1.01. The third-order valence-corrected chi connectivity index (χ3v) is 5.46. The summed E-state index contributed by atoms with van der Waals surface area (Å²) in [6, 6.07) is 0.562. The highest BCUT2D eigenvalue weighted by atomic mass is 32.2.